The predicted molar refractivity (Wildman–Crippen MR) is 66.1 cm³/mol. The summed E-state index contributed by atoms with van der Waals surface area (Å²) >= 11 is 0. The highest BCUT2D eigenvalue weighted by molar-refractivity contribution is 5.74. The maximum Gasteiger partial charge on any atom is 0.322 e. The summed E-state index contributed by atoms with van der Waals surface area (Å²) in [6.07, 6.45) is -2.47. The van der Waals surface area contributed by atoms with Crippen LogP contribution in [-0.2, 0) is 11.3 Å². The van der Waals surface area contributed by atoms with Gasteiger partial charge in [-0.1, -0.05) is 24.3 Å². The molecule has 2 N–H and O–H groups in total. The number of aliphatic carboxylic acids is 1. The van der Waals surface area contributed by atoms with Crippen LogP contribution in [0.25, 0.3) is 0 Å². The van der Waals surface area contributed by atoms with Crippen LogP contribution in [-0.4, -0.2) is 41.7 Å². The van der Waals surface area contributed by atoms with Crippen LogP contribution in [0.2, 0.25) is 0 Å². The van der Waals surface area contributed by atoms with Gasteiger partial charge in [0.15, 0.2) is 0 Å². The van der Waals surface area contributed by atoms with Crippen LogP contribution in [0.1, 0.15) is 17.6 Å². The number of hydrogen-bond acceptors (Lipinski definition) is 3. The Hall–Kier alpha value is -1.53. The number of carboxylic acid groups (broad SMARTS) is 1. The molecule has 0 radical (unpaired) electrons. The van der Waals surface area contributed by atoms with E-state index < -0.39 is 18.4 Å². The molecule has 1 aromatic carbocycles. The predicted octanol–water partition coefficient (Wildman–Crippen LogP) is 1.48. The SMILES string of the molecule is O=C(O)C1CNCCN1Cc1ccc(C(F)F)cc1. The molecule has 0 bridgehead atoms. The Kier molecular flexibility index (Phi) is 4.44. The number of carboxylic acids is 1. The van der Waals surface area contributed by atoms with Crippen molar-refractivity contribution in [2.75, 3.05) is 19.6 Å². The number of carbonyl (C=O) groups is 1. The Bertz CT molecular complexity index is 437. The van der Waals surface area contributed by atoms with Crippen molar-refractivity contribution < 1.29 is 18.7 Å². The Morgan fingerprint density at radius 3 is 2.68 bits per heavy atom. The molecular formula is C13H16F2N2O2. The van der Waals surface area contributed by atoms with Crippen LogP contribution in [0.15, 0.2) is 24.3 Å². The lowest BCUT2D eigenvalue weighted by molar-refractivity contribution is -0.144. The van der Waals surface area contributed by atoms with Crippen molar-refractivity contribution in [3.8, 4) is 0 Å². The number of nitrogens with one attached hydrogen (secondary N) is 1. The normalized spacial score (nSPS) is 20.7. The molecule has 0 saturated carbocycles. The summed E-state index contributed by atoms with van der Waals surface area (Å²) < 4.78 is 24.9. The minimum atomic E-state index is -2.47. The molecule has 4 nitrogen and oxygen atoms in total. The Morgan fingerprint density at radius 2 is 2.11 bits per heavy atom. The fourth-order valence-corrected chi connectivity index (χ4v) is 2.18. The molecule has 1 saturated heterocycles. The molecule has 19 heavy (non-hydrogen) atoms. The Labute approximate surface area is 110 Å². The summed E-state index contributed by atoms with van der Waals surface area (Å²) in [7, 11) is 0. The van der Waals surface area contributed by atoms with Crippen LogP contribution in [0, 0.1) is 0 Å². The van der Waals surface area contributed by atoms with Crippen molar-refractivity contribution in [2.24, 2.45) is 0 Å². The van der Waals surface area contributed by atoms with Gasteiger partial charge in [-0.15, -0.1) is 0 Å². The van der Waals surface area contributed by atoms with Gasteiger partial charge in [-0.2, -0.15) is 0 Å². The van der Waals surface area contributed by atoms with E-state index in [1.54, 1.807) is 12.1 Å². The average Bonchev–Trinajstić information content (AvgIpc) is 2.39. The number of piperazine rings is 1. The Balaban J connectivity index is 2.04. The lowest BCUT2D eigenvalue weighted by Crippen LogP contribution is -2.54. The lowest BCUT2D eigenvalue weighted by atomic mass is 10.1. The maximum atomic E-state index is 12.4. The zero-order valence-electron chi connectivity index (χ0n) is 10.4. The Morgan fingerprint density at radius 1 is 1.42 bits per heavy atom. The largest absolute Gasteiger partial charge is 0.480 e. The number of benzene rings is 1. The van der Waals surface area contributed by atoms with Gasteiger partial charge >= 0.3 is 5.97 Å². The first-order chi connectivity index (χ1) is 9.08. The van der Waals surface area contributed by atoms with Gasteiger partial charge in [0, 0.05) is 31.7 Å². The molecule has 1 heterocycles. The molecule has 104 valence electrons. The number of alkyl halides is 2. The van der Waals surface area contributed by atoms with Crippen molar-refractivity contribution in [2.45, 2.75) is 19.0 Å². The van der Waals surface area contributed by atoms with Gasteiger partial charge in [-0.25, -0.2) is 8.78 Å². The van der Waals surface area contributed by atoms with Gasteiger partial charge in [0.25, 0.3) is 6.43 Å². The molecule has 1 unspecified atom stereocenters. The first-order valence-electron chi connectivity index (χ1n) is 6.12. The second-order valence-corrected chi connectivity index (χ2v) is 4.57. The smallest absolute Gasteiger partial charge is 0.322 e. The molecule has 0 spiro atoms. The molecule has 1 atom stereocenters. The van der Waals surface area contributed by atoms with E-state index in [0.717, 1.165) is 12.1 Å². The second kappa shape index (κ2) is 6.08. The standard InChI is InChI=1S/C13H16F2N2O2/c14-12(15)10-3-1-9(2-4-10)8-17-6-5-16-7-11(17)13(18)19/h1-4,11-12,16H,5-8H2,(H,18,19). The summed E-state index contributed by atoms with van der Waals surface area (Å²) in [6, 6.07) is 5.46. The highest BCUT2D eigenvalue weighted by Crippen LogP contribution is 2.19. The molecule has 2 rings (SSSR count). The minimum absolute atomic E-state index is 0.0150. The van der Waals surface area contributed by atoms with Crippen LogP contribution >= 0.6 is 0 Å². The van der Waals surface area contributed by atoms with E-state index in [2.05, 4.69) is 5.32 Å². The fourth-order valence-electron chi connectivity index (χ4n) is 2.18. The number of halogens is 2. The highest BCUT2D eigenvalue weighted by atomic mass is 19.3. The highest BCUT2D eigenvalue weighted by Gasteiger charge is 2.28. The molecule has 1 aromatic rings. The van der Waals surface area contributed by atoms with Gasteiger partial charge in [0.05, 0.1) is 0 Å². The van der Waals surface area contributed by atoms with Crippen molar-refractivity contribution >= 4 is 5.97 Å². The summed E-state index contributed by atoms with van der Waals surface area (Å²) in [5.41, 5.74) is 0.830. The number of nitrogens with zero attached hydrogens (tertiary/aromatic N) is 1. The van der Waals surface area contributed by atoms with Gasteiger partial charge in [-0.05, 0) is 5.56 Å². The van der Waals surface area contributed by atoms with E-state index in [9.17, 15) is 13.6 Å². The summed E-state index contributed by atoms with van der Waals surface area (Å²) in [4.78, 5) is 13.0. The molecule has 0 aromatic heterocycles. The molecule has 1 aliphatic rings. The minimum Gasteiger partial charge on any atom is -0.480 e. The number of rotatable bonds is 4. The van der Waals surface area contributed by atoms with E-state index in [0.29, 0.717) is 19.6 Å². The molecule has 0 amide bonds. The van der Waals surface area contributed by atoms with Gasteiger partial charge in [0.1, 0.15) is 6.04 Å². The third-order valence-electron chi connectivity index (χ3n) is 3.26. The van der Waals surface area contributed by atoms with Crippen LogP contribution < -0.4 is 5.32 Å². The van der Waals surface area contributed by atoms with Crippen LogP contribution in [0.4, 0.5) is 8.78 Å². The fraction of sp³-hybridized carbons (Fsp3) is 0.462. The van der Waals surface area contributed by atoms with Crippen LogP contribution in [0.5, 0.6) is 0 Å². The first-order valence-corrected chi connectivity index (χ1v) is 6.12. The van der Waals surface area contributed by atoms with E-state index in [-0.39, 0.29) is 5.56 Å². The van der Waals surface area contributed by atoms with Crippen molar-refractivity contribution in [1.29, 1.82) is 0 Å². The summed E-state index contributed by atoms with van der Waals surface area (Å²) in [5.74, 6) is -0.864. The van der Waals surface area contributed by atoms with Crippen molar-refractivity contribution in [3.63, 3.8) is 0 Å². The third-order valence-corrected chi connectivity index (χ3v) is 3.26. The topological polar surface area (TPSA) is 52.6 Å². The third kappa shape index (κ3) is 3.48. The number of hydrogen-bond donors (Lipinski definition) is 2. The van der Waals surface area contributed by atoms with Crippen LogP contribution in [0.3, 0.4) is 0 Å². The molecule has 1 aliphatic heterocycles. The summed E-state index contributed by atoms with van der Waals surface area (Å²) in [5, 5.41) is 12.2. The molecular weight excluding hydrogens is 254 g/mol. The van der Waals surface area contributed by atoms with Crippen molar-refractivity contribution in [1.82, 2.24) is 10.2 Å². The molecule has 0 aliphatic carbocycles. The zero-order valence-corrected chi connectivity index (χ0v) is 10.4. The molecule has 1 fully saturated rings. The lowest BCUT2D eigenvalue weighted by Gasteiger charge is -2.33. The van der Waals surface area contributed by atoms with E-state index in [1.165, 1.54) is 12.1 Å². The second-order valence-electron chi connectivity index (χ2n) is 4.57. The van der Waals surface area contributed by atoms with E-state index in [4.69, 9.17) is 5.11 Å². The zero-order chi connectivity index (χ0) is 13.8. The van der Waals surface area contributed by atoms with Gasteiger partial charge in [-0.3, -0.25) is 9.69 Å². The first kappa shape index (κ1) is 13.9. The average molecular weight is 270 g/mol. The van der Waals surface area contributed by atoms with E-state index in [1.807, 2.05) is 4.90 Å². The quantitative estimate of drug-likeness (QED) is 0.870. The molecule has 6 heteroatoms. The maximum absolute atomic E-state index is 12.4. The monoisotopic (exact) mass is 270 g/mol. The summed E-state index contributed by atoms with van der Waals surface area (Å²) in [6.45, 7) is 2.24. The van der Waals surface area contributed by atoms with Crippen molar-refractivity contribution in [3.05, 3.63) is 35.4 Å². The van der Waals surface area contributed by atoms with Gasteiger partial charge < -0.3 is 10.4 Å². The van der Waals surface area contributed by atoms with E-state index >= 15 is 0 Å². The van der Waals surface area contributed by atoms with Gasteiger partial charge in [0.2, 0.25) is 0 Å².